The Balaban J connectivity index is 1.30. The van der Waals surface area contributed by atoms with E-state index in [0.717, 1.165) is 46.3 Å². The van der Waals surface area contributed by atoms with Gasteiger partial charge in [-0.2, -0.15) is 5.10 Å². The number of aromatic nitrogens is 3. The molecule has 0 bridgehead atoms. The number of carbonyl (C=O) groups excluding carboxylic acids is 2. The van der Waals surface area contributed by atoms with Crippen LogP contribution >= 0.6 is 11.6 Å². The first kappa shape index (κ1) is 26.9. The topological polar surface area (TPSA) is 88.8 Å². The predicted molar refractivity (Wildman–Crippen MR) is 162 cm³/mol. The lowest BCUT2D eigenvalue weighted by Crippen LogP contribution is -2.15. The molecule has 0 amide bonds. The van der Waals surface area contributed by atoms with E-state index in [9.17, 15) is 9.59 Å². The van der Waals surface area contributed by atoms with Gasteiger partial charge in [-0.05, 0) is 91.4 Å². The summed E-state index contributed by atoms with van der Waals surface area (Å²) in [7, 11) is 0. The molecule has 1 aliphatic rings. The van der Waals surface area contributed by atoms with Crippen LogP contribution in [0.3, 0.4) is 0 Å². The predicted octanol–water partition coefficient (Wildman–Crippen LogP) is 8.78. The Bertz CT molecular complexity index is 1840. The van der Waals surface area contributed by atoms with Gasteiger partial charge in [-0.1, -0.05) is 43.3 Å². The summed E-state index contributed by atoms with van der Waals surface area (Å²) in [4.78, 5) is 31.2. The number of halogens is 1. The Labute approximate surface area is 243 Å². The third-order valence-corrected chi connectivity index (χ3v) is 8.24. The summed E-state index contributed by atoms with van der Waals surface area (Å²) in [6, 6.07) is 19.1. The number of fused-ring (bicyclic) bond motifs is 1. The van der Waals surface area contributed by atoms with E-state index >= 15 is 0 Å². The molecule has 41 heavy (non-hydrogen) atoms. The van der Waals surface area contributed by atoms with Gasteiger partial charge in [0.05, 0.1) is 5.56 Å². The first-order chi connectivity index (χ1) is 19.7. The Morgan fingerprint density at radius 2 is 1.76 bits per heavy atom. The highest BCUT2D eigenvalue weighted by atomic mass is 35.5. The maximum atomic E-state index is 13.6. The summed E-state index contributed by atoms with van der Waals surface area (Å²) in [5.74, 6) is 1.95. The highest BCUT2D eigenvalue weighted by Crippen LogP contribution is 2.50. The number of aromatic amines is 1. The number of benzene rings is 3. The van der Waals surface area contributed by atoms with E-state index in [1.54, 1.807) is 0 Å². The van der Waals surface area contributed by atoms with Crippen LogP contribution in [0.1, 0.15) is 77.4 Å². The second-order valence-electron chi connectivity index (χ2n) is 11.0. The molecule has 0 saturated heterocycles. The Morgan fingerprint density at radius 1 is 1.02 bits per heavy atom. The quantitative estimate of drug-likeness (QED) is 0.181. The van der Waals surface area contributed by atoms with E-state index in [1.807, 2.05) is 81.4 Å². The molecule has 206 valence electrons. The highest BCUT2D eigenvalue weighted by molar-refractivity contribution is 6.30. The standard InChI is InChI=1S/C34H30ClN3O3/c1-5-27(39)30-26-16-22(10-13-29(26)41-31(30)19(2)3)25-17-23(7-6-20(25)4)28(40)18-34(14-15-34)33-36-32(37-38-33)21-8-11-24(35)12-9-21/h6-13,16-17H,2,5,14-15,18H2,1,3-4H3,(H,36,37,38). The molecule has 3 aromatic carbocycles. The van der Waals surface area contributed by atoms with Crippen LogP contribution < -0.4 is 0 Å². The van der Waals surface area contributed by atoms with Gasteiger partial charge in [0.25, 0.3) is 0 Å². The number of rotatable bonds is 9. The molecule has 1 fully saturated rings. The van der Waals surface area contributed by atoms with Gasteiger partial charge >= 0.3 is 0 Å². The van der Waals surface area contributed by atoms with Gasteiger partial charge in [-0.3, -0.25) is 14.7 Å². The molecular formula is C34H30ClN3O3. The monoisotopic (exact) mass is 563 g/mol. The average molecular weight is 564 g/mol. The number of carbonyl (C=O) groups is 2. The third kappa shape index (κ3) is 4.93. The lowest BCUT2D eigenvalue weighted by Gasteiger charge is -2.13. The van der Waals surface area contributed by atoms with Gasteiger partial charge in [0, 0.05) is 39.8 Å². The molecule has 0 radical (unpaired) electrons. The minimum atomic E-state index is -0.329. The van der Waals surface area contributed by atoms with Gasteiger partial charge in [-0.15, -0.1) is 0 Å². The second kappa shape index (κ2) is 10.3. The molecule has 2 heterocycles. The van der Waals surface area contributed by atoms with Gasteiger partial charge in [-0.25, -0.2) is 4.98 Å². The largest absolute Gasteiger partial charge is 0.456 e. The molecule has 1 saturated carbocycles. The first-order valence-corrected chi connectivity index (χ1v) is 14.2. The van der Waals surface area contributed by atoms with Crippen molar-refractivity contribution in [2.24, 2.45) is 0 Å². The van der Waals surface area contributed by atoms with Crippen molar-refractivity contribution in [3.8, 4) is 22.5 Å². The minimum Gasteiger partial charge on any atom is -0.456 e. The van der Waals surface area contributed by atoms with Gasteiger partial charge in [0.1, 0.15) is 17.2 Å². The van der Waals surface area contributed by atoms with Crippen molar-refractivity contribution >= 4 is 39.7 Å². The summed E-state index contributed by atoms with van der Waals surface area (Å²) in [5, 5.41) is 8.91. The Morgan fingerprint density at radius 3 is 2.44 bits per heavy atom. The normalized spacial score (nSPS) is 13.9. The second-order valence-corrected chi connectivity index (χ2v) is 11.4. The van der Waals surface area contributed by atoms with E-state index < -0.39 is 0 Å². The fraction of sp³-hybridized carbons (Fsp3) is 0.235. The minimum absolute atomic E-state index is 0.0147. The molecule has 2 aromatic heterocycles. The highest BCUT2D eigenvalue weighted by Gasteiger charge is 2.49. The van der Waals surface area contributed by atoms with Crippen molar-refractivity contribution in [2.45, 2.75) is 51.9 Å². The van der Waals surface area contributed by atoms with Crippen LogP contribution in [0.4, 0.5) is 0 Å². The lowest BCUT2D eigenvalue weighted by molar-refractivity contribution is 0.0965. The van der Waals surface area contributed by atoms with E-state index in [2.05, 4.69) is 16.8 Å². The van der Waals surface area contributed by atoms with Crippen LogP contribution in [-0.4, -0.2) is 26.7 Å². The number of nitrogens with zero attached hydrogens (tertiary/aromatic N) is 2. The van der Waals surface area contributed by atoms with Crippen molar-refractivity contribution < 1.29 is 14.0 Å². The summed E-state index contributed by atoms with van der Waals surface area (Å²) in [6.45, 7) is 9.71. The molecule has 0 unspecified atom stereocenters. The van der Waals surface area contributed by atoms with Crippen LogP contribution in [0, 0.1) is 6.92 Å². The van der Waals surface area contributed by atoms with Gasteiger partial charge < -0.3 is 4.42 Å². The maximum Gasteiger partial charge on any atom is 0.181 e. The smallest absolute Gasteiger partial charge is 0.181 e. The molecule has 0 atom stereocenters. The van der Waals surface area contributed by atoms with Crippen LogP contribution in [-0.2, 0) is 5.41 Å². The number of hydrogen-bond donors (Lipinski definition) is 1. The number of hydrogen-bond acceptors (Lipinski definition) is 5. The van der Waals surface area contributed by atoms with Crippen molar-refractivity contribution in [3.63, 3.8) is 0 Å². The molecule has 6 rings (SSSR count). The molecule has 7 heteroatoms. The molecular weight excluding hydrogens is 534 g/mol. The van der Waals surface area contributed by atoms with E-state index in [4.69, 9.17) is 21.0 Å². The third-order valence-electron chi connectivity index (χ3n) is 7.99. The summed E-state index contributed by atoms with van der Waals surface area (Å²) in [6.07, 6.45) is 2.48. The van der Waals surface area contributed by atoms with E-state index in [0.29, 0.717) is 51.7 Å². The number of aryl methyl sites for hydroxylation is 1. The number of ketones is 2. The zero-order valence-electron chi connectivity index (χ0n) is 23.3. The van der Waals surface area contributed by atoms with Crippen LogP contribution in [0.15, 0.2) is 71.7 Å². The zero-order chi connectivity index (χ0) is 28.9. The van der Waals surface area contributed by atoms with Crippen LogP contribution in [0.25, 0.3) is 39.1 Å². The fourth-order valence-electron chi connectivity index (χ4n) is 5.41. The zero-order valence-corrected chi connectivity index (χ0v) is 24.1. The molecule has 6 nitrogen and oxygen atoms in total. The Hall–Kier alpha value is -4.29. The summed E-state index contributed by atoms with van der Waals surface area (Å²) >= 11 is 6.02. The molecule has 1 N–H and O–H groups in total. The summed E-state index contributed by atoms with van der Waals surface area (Å²) in [5.41, 5.74) is 6.03. The average Bonchev–Trinajstić information content (AvgIpc) is 3.39. The van der Waals surface area contributed by atoms with Crippen molar-refractivity contribution in [1.82, 2.24) is 15.2 Å². The Kier molecular flexibility index (Phi) is 6.74. The first-order valence-electron chi connectivity index (χ1n) is 13.8. The molecule has 1 aliphatic carbocycles. The van der Waals surface area contributed by atoms with Crippen molar-refractivity contribution in [3.05, 3.63) is 101 Å². The number of Topliss-reactive ketones (excluding diaryl/α,β-unsaturated/α-hetero) is 2. The molecule has 5 aromatic rings. The van der Waals surface area contributed by atoms with Crippen LogP contribution in [0.2, 0.25) is 5.02 Å². The fourth-order valence-corrected chi connectivity index (χ4v) is 5.54. The van der Waals surface area contributed by atoms with E-state index in [1.165, 1.54) is 0 Å². The van der Waals surface area contributed by atoms with Crippen molar-refractivity contribution in [1.29, 1.82) is 0 Å². The molecule has 0 aliphatic heterocycles. The lowest BCUT2D eigenvalue weighted by atomic mass is 9.91. The maximum absolute atomic E-state index is 13.6. The number of nitrogens with one attached hydrogen (secondary N) is 1. The SMILES string of the molecule is C=C(C)c1oc2ccc(-c3cc(C(=O)CC4(c5nc(-c6ccc(Cl)cc6)n[nH]5)CC4)ccc3C)cc2c1C(=O)CC. The van der Waals surface area contributed by atoms with Gasteiger partial charge in [0.2, 0.25) is 0 Å². The number of furan rings is 1. The number of H-pyrrole nitrogens is 1. The van der Waals surface area contributed by atoms with E-state index in [-0.39, 0.29) is 17.0 Å². The summed E-state index contributed by atoms with van der Waals surface area (Å²) < 4.78 is 6.01. The van der Waals surface area contributed by atoms with Crippen LogP contribution in [0.5, 0.6) is 0 Å². The van der Waals surface area contributed by atoms with Crippen molar-refractivity contribution in [2.75, 3.05) is 0 Å². The molecule has 0 spiro atoms. The number of allylic oxidation sites excluding steroid dienone is 1. The van der Waals surface area contributed by atoms with Gasteiger partial charge in [0.15, 0.2) is 17.4 Å².